The number of benzene rings is 1. The fourth-order valence-electron chi connectivity index (χ4n) is 1.10. The van der Waals surface area contributed by atoms with E-state index in [0.29, 0.717) is 0 Å². The first-order valence-electron chi connectivity index (χ1n) is 4.27. The van der Waals surface area contributed by atoms with Gasteiger partial charge in [0.15, 0.2) is 17.3 Å². The van der Waals surface area contributed by atoms with Crippen LogP contribution in [0.1, 0.15) is 10.4 Å². The van der Waals surface area contributed by atoms with Gasteiger partial charge in [-0.1, -0.05) is 5.92 Å². The molecule has 5 heteroatoms. The Morgan fingerprint density at radius 3 is 2.81 bits per heavy atom. The van der Waals surface area contributed by atoms with Gasteiger partial charge in [0.1, 0.15) is 6.61 Å². The molecule has 0 atom stereocenters. The van der Waals surface area contributed by atoms with E-state index in [1.807, 2.05) is 0 Å². The standard InChI is InChI=1S/C11H9FO4/c1-3-4-16-10-8(12)5-7(11(13)14)6-9(10)15-2/h1,5-6H,4H2,2H3,(H,13,14). The van der Waals surface area contributed by atoms with Crippen molar-refractivity contribution in [2.75, 3.05) is 13.7 Å². The van der Waals surface area contributed by atoms with E-state index in [4.69, 9.17) is 21.0 Å². The highest BCUT2D eigenvalue weighted by Gasteiger charge is 2.16. The Bertz CT molecular complexity index is 448. The van der Waals surface area contributed by atoms with Crippen LogP contribution in [0.25, 0.3) is 0 Å². The second kappa shape index (κ2) is 5.03. The van der Waals surface area contributed by atoms with Gasteiger partial charge in [0.25, 0.3) is 0 Å². The summed E-state index contributed by atoms with van der Waals surface area (Å²) in [7, 11) is 1.28. The predicted octanol–water partition coefficient (Wildman–Crippen LogP) is 1.54. The molecule has 0 radical (unpaired) electrons. The number of rotatable bonds is 4. The normalized spacial score (nSPS) is 9.31. The molecule has 0 bridgehead atoms. The number of aromatic carboxylic acids is 1. The highest BCUT2D eigenvalue weighted by Crippen LogP contribution is 2.31. The zero-order chi connectivity index (χ0) is 12.1. The fourth-order valence-corrected chi connectivity index (χ4v) is 1.10. The number of ether oxygens (including phenoxy) is 2. The second-order valence-corrected chi connectivity index (χ2v) is 2.79. The largest absolute Gasteiger partial charge is 0.493 e. The van der Waals surface area contributed by atoms with E-state index < -0.39 is 11.8 Å². The lowest BCUT2D eigenvalue weighted by Crippen LogP contribution is -2.03. The van der Waals surface area contributed by atoms with Gasteiger partial charge in [-0.3, -0.25) is 0 Å². The maximum atomic E-state index is 13.4. The van der Waals surface area contributed by atoms with Gasteiger partial charge < -0.3 is 14.6 Å². The molecular weight excluding hydrogens is 215 g/mol. The number of carboxylic acid groups (broad SMARTS) is 1. The molecule has 0 aliphatic heterocycles. The summed E-state index contributed by atoms with van der Waals surface area (Å²) in [5.74, 6) is -0.101. The molecular formula is C11H9FO4. The molecule has 0 spiro atoms. The van der Waals surface area contributed by atoms with Crippen molar-refractivity contribution >= 4 is 5.97 Å². The van der Waals surface area contributed by atoms with Crippen LogP contribution in [-0.4, -0.2) is 24.8 Å². The van der Waals surface area contributed by atoms with Crippen molar-refractivity contribution in [3.05, 3.63) is 23.5 Å². The summed E-state index contributed by atoms with van der Waals surface area (Å²) in [5, 5.41) is 8.70. The third kappa shape index (κ3) is 2.42. The van der Waals surface area contributed by atoms with Gasteiger partial charge in [0.2, 0.25) is 0 Å². The van der Waals surface area contributed by atoms with Crippen molar-refractivity contribution in [3.63, 3.8) is 0 Å². The number of halogens is 1. The number of carboxylic acids is 1. The third-order valence-corrected chi connectivity index (χ3v) is 1.78. The van der Waals surface area contributed by atoms with E-state index >= 15 is 0 Å². The average Bonchev–Trinajstić information content (AvgIpc) is 2.26. The van der Waals surface area contributed by atoms with Crippen LogP contribution in [0.2, 0.25) is 0 Å². The summed E-state index contributed by atoms with van der Waals surface area (Å²) in [6.45, 7) is -0.125. The molecule has 1 aromatic rings. The van der Waals surface area contributed by atoms with Gasteiger partial charge in [-0.25, -0.2) is 9.18 Å². The quantitative estimate of drug-likeness (QED) is 0.788. The third-order valence-electron chi connectivity index (χ3n) is 1.78. The molecule has 1 rings (SSSR count). The number of hydrogen-bond donors (Lipinski definition) is 1. The van der Waals surface area contributed by atoms with Crippen LogP contribution < -0.4 is 9.47 Å². The number of terminal acetylenes is 1. The maximum Gasteiger partial charge on any atom is 0.335 e. The van der Waals surface area contributed by atoms with E-state index in [2.05, 4.69) is 5.92 Å². The topological polar surface area (TPSA) is 55.8 Å². The summed E-state index contributed by atoms with van der Waals surface area (Å²) in [6.07, 6.45) is 4.96. The molecule has 0 saturated heterocycles. The highest BCUT2D eigenvalue weighted by atomic mass is 19.1. The highest BCUT2D eigenvalue weighted by molar-refractivity contribution is 5.88. The van der Waals surface area contributed by atoms with Gasteiger partial charge in [0, 0.05) is 0 Å². The molecule has 0 aliphatic carbocycles. The van der Waals surface area contributed by atoms with Gasteiger partial charge in [0.05, 0.1) is 12.7 Å². The van der Waals surface area contributed by atoms with Gasteiger partial charge in [-0.05, 0) is 12.1 Å². The number of hydrogen-bond acceptors (Lipinski definition) is 3. The van der Waals surface area contributed by atoms with Crippen molar-refractivity contribution in [2.45, 2.75) is 0 Å². The summed E-state index contributed by atoms with van der Waals surface area (Å²) < 4.78 is 23.2. The van der Waals surface area contributed by atoms with Crippen molar-refractivity contribution in [3.8, 4) is 23.8 Å². The monoisotopic (exact) mass is 224 g/mol. The lowest BCUT2D eigenvalue weighted by molar-refractivity contribution is 0.0695. The molecule has 16 heavy (non-hydrogen) atoms. The first-order valence-corrected chi connectivity index (χ1v) is 4.27. The fraction of sp³-hybridized carbons (Fsp3) is 0.182. The molecule has 0 aliphatic rings. The molecule has 0 heterocycles. The van der Waals surface area contributed by atoms with Gasteiger partial charge in [-0.2, -0.15) is 0 Å². The average molecular weight is 224 g/mol. The molecule has 0 saturated carbocycles. The predicted molar refractivity (Wildman–Crippen MR) is 54.2 cm³/mol. The Hall–Kier alpha value is -2.22. The summed E-state index contributed by atoms with van der Waals surface area (Å²) in [6, 6.07) is 2.01. The summed E-state index contributed by atoms with van der Waals surface area (Å²) in [4.78, 5) is 10.7. The van der Waals surface area contributed by atoms with E-state index in [1.165, 1.54) is 7.11 Å². The van der Waals surface area contributed by atoms with E-state index in [0.717, 1.165) is 12.1 Å². The van der Waals surface area contributed by atoms with Crippen LogP contribution in [0.5, 0.6) is 11.5 Å². The minimum Gasteiger partial charge on any atom is -0.493 e. The van der Waals surface area contributed by atoms with Crippen LogP contribution in [-0.2, 0) is 0 Å². The number of carbonyl (C=O) groups is 1. The maximum absolute atomic E-state index is 13.4. The number of methoxy groups -OCH3 is 1. The van der Waals surface area contributed by atoms with E-state index in [9.17, 15) is 9.18 Å². The summed E-state index contributed by atoms with van der Waals surface area (Å²) >= 11 is 0. The molecule has 1 aromatic carbocycles. The van der Waals surface area contributed by atoms with Crippen LogP contribution in [0.3, 0.4) is 0 Å². The van der Waals surface area contributed by atoms with Crippen LogP contribution in [0.4, 0.5) is 4.39 Å². The first-order chi connectivity index (χ1) is 7.60. The Morgan fingerprint density at radius 1 is 1.62 bits per heavy atom. The van der Waals surface area contributed by atoms with Crippen molar-refractivity contribution in [1.29, 1.82) is 0 Å². The molecule has 0 fully saturated rings. The second-order valence-electron chi connectivity index (χ2n) is 2.79. The van der Waals surface area contributed by atoms with Crippen LogP contribution >= 0.6 is 0 Å². The minimum atomic E-state index is -1.25. The smallest absolute Gasteiger partial charge is 0.335 e. The van der Waals surface area contributed by atoms with Crippen molar-refractivity contribution < 1.29 is 23.8 Å². The molecule has 84 valence electrons. The zero-order valence-corrected chi connectivity index (χ0v) is 8.49. The first kappa shape index (κ1) is 11.9. The molecule has 0 unspecified atom stereocenters. The van der Waals surface area contributed by atoms with Gasteiger partial charge >= 0.3 is 5.97 Å². The molecule has 1 N–H and O–H groups in total. The lowest BCUT2D eigenvalue weighted by Gasteiger charge is -2.10. The Balaban J connectivity index is 3.18. The Morgan fingerprint density at radius 2 is 2.31 bits per heavy atom. The van der Waals surface area contributed by atoms with Gasteiger partial charge in [-0.15, -0.1) is 6.42 Å². The van der Waals surface area contributed by atoms with Crippen molar-refractivity contribution in [2.24, 2.45) is 0 Å². The van der Waals surface area contributed by atoms with E-state index in [1.54, 1.807) is 0 Å². The molecule has 4 nitrogen and oxygen atoms in total. The Labute approximate surface area is 91.6 Å². The van der Waals surface area contributed by atoms with Crippen LogP contribution in [0, 0.1) is 18.2 Å². The Kier molecular flexibility index (Phi) is 3.72. The van der Waals surface area contributed by atoms with Crippen LogP contribution in [0.15, 0.2) is 12.1 Å². The zero-order valence-electron chi connectivity index (χ0n) is 8.49. The molecule has 0 amide bonds. The van der Waals surface area contributed by atoms with Crippen molar-refractivity contribution in [1.82, 2.24) is 0 Å². The molecule has 0 aromatic heterocycles. The SMILES string of the molecule is C#CCOc1c(F)cc(C(=O)O)cc1OC. The van der Waals surface area contributed by atoms with E-state index in [-0.39, 0.29) is 23.7 Å². The minimum absolute atomic E-state index is 0.00681. The lowest BCUT2D eigenvalue weighted by atomic mass is 10.2. The summed E-state index contributed by atoms with van der Waals surface area (Å²) in [5.41, 5.74) is -0.220.